The summed E-state index contributed by atoms with van der Waals surface area (Å²) in [5.74, 6) is -0.0907. The van der Waals surface area contributed by atoms with Crippen LogP contribution in [-0.4, -0.2) is 39.4 Å². The van der Waals surface area contributed by atoms with Crippen LogP contribution in [0.3, 0.4) is 0 Å². The number of methoxy groups -OCH3 is 1. The fourth-order valence-corrected chi connectivity index (χ4v) is 1.18. The van der Waals surface area contributed by atoms with E-state index in [4.69, 9.17) is 4.74 Å². The summed E-state index contributed by atoms with van der Waals surface area (Å²) in [5, 5.41) is 2.70. The first-order valence-corrected chi connectivity index (χ1v) is 5.64. The maximum Gasteiger partial charge on any atom is 0.246 e. The van der Waals surface area contributed by atoms with Gasteiger partial charge in [0.1, 0.15) is 6.61 Å². The molecule has 0 atom stereocenters. The van der Waals surface area contributed by atoms with Crippen LogP contribution in [0, 0.1) is 0 Å². The normalized spacial score (nSPS) is 10.3. The van der Waals surface area contributed by atoms with Gasteiger partial charge in [0, 0.05) is 20.3 Å². The zero-order valence-electron chi connectivity index (χ0n) is 9.88. The highest BCUT2D eigenvalue weighted by Crippen LogP contribution is 1.98. The minimum Gasteiger partial charge on any atom is -0.380 e. The van der Waals surface area contributed by atoms with Crippen molar-refractivity contribution in [3.05, 3.63) is 0 Å². The van der Waals surface area contributed by atoms with E-state index in [0.717, 1.165) is 13.0 Å². The van der Waals surface area contributed by atoms with E-state index in [9.17, 15) is 4.79 Å². The van der Waals surface area contributed by atoms with Gasteiger partial charge in [-0.25, -0.2) is 0 Å². The van der Waals surface area contributed by atoms with Crippen LogP contribution < -0.4 is 5.32 Å². The number of ether oxygens (including phenoxy) is 2. The summed E-state index contributed by atoms with van der Waals surface area (Å²) < 4.78 is 10.0. The predicted octanol–water partition coefficient (Wildman–Crippen LogP) is 1.35. The fourth-order valence-electron chi connectivity index (χ4n) is 1.18. The molecule has 1 N–H and O–H groups in total. The summed E-state index contributed by atoms with van der Waals surface area (Å²) in [6.45, 7) is 4.25. The highest BCUT2D eigenvalue weighted by molar-refractivity contribution is 5.77. The molecule has 0 saturated heterocycles. The minimum atomic E-state index is -0.0907. The van der Waals surface area contributed by atoms with Crippen molar-refractivity contribution in [2.45, 2.75) is 32.6 Å². The summed E-state index contributed by atoms with van der Waals surface area (Å²) in [5.41, 5.74) is 0. The van der Waals surface area contributed by atoms with Crippen molar-refractivity contribution in [2.24, 2.45) is 0 Å². The Labute approximate surface area is 92.3 Å². The molecule has 0 rings (SSSR count). The lowest BCUT2D eigenvalue weighted by molar-refractivity contribution is -0.124. The van der Waals surface area contributed by atoms with Gasteiger partial charge < -0.3 is 14.8 Å². The van der Waals surface area contributed by atoms with Gasteiger partial charge in [-0.2, -0.15) is 0 Å². The van der Waals surface area contributed by atoms with Crippen LogP contribution >= 0.6 is 0 Å². The predicted molar refractivity (Wildman–Crippen MR) is 59.8 cm³/mol. The first-order chi connectivity index (χ1) is 7.31. The molecule has 0 heterocycles. The molecule has 0 saturated carbocycles. The van der Waals surface area contributed by atoms with E-state index in [1.165, 1.54) is 26.4 Å². The van der Waals surface area contributed by atoms with E-state index in [0.29, 0.717) is 13.2 Å². The molecule has 15 heavy (non-hydrogen) atoms. The Hall–Kier alpha value is -0.610. The van der Waals surface area contributed by atoms with Gasteiger partial charge in [0.2, 0.25) is 5.91 Å². The van der Waals surface area contributed by atoms with E-state index in [1.807, 2.05) is 0 Å². The number of hydrogen-bond donors (Lipinski definition) is 1. The van der Waals surface area contributed by atoms with Crippen LogP contribution in [0.1, 0.15) is 32.6 Å². The lowest BCUT2D eigenvalue weighted by Crippen LogP contribution is -2.30. The van der Waals surface area contributed by atoms with E-state index in [-0.39, 0.29) is 12.5 Å². The third-order valence-electron chi connectivity index (χ3n) is 1.99. The van der Waals surface area contributed by atoms with Gasteiger partial charge in [0.25, 0.3) is 0 Å². The van der Waals surface area contributed by atoms with Crippen LogP contribution in [0.2, 0.25) is 0 Å². The second kappa shape index (κ2) is 11.5. The van der Waals surface area contributed by atoms with Gasteiger partial charge in [-0.05, 0) is 6.42 Å². The number of carbonyl (C=O) groups is 1. The number of unbranched alkanes of at least 4 members (excludes halogenated alkanes) is 3. The maximum atomic E-state index is 10.9. The van der Waals surface area contributed by atoms with Crippen molar-refractivity contribution in [1.82, 2.24) is 5.32 Å². The van der Waals surface area contributed by atoms with Crippen LogP contribution in [0.25, 0.3) is 0 Å². The number of carbonyl (C=O) groups excluding carboxylic acids is 1. The molecule has 0 aromatic rings. The molecule has 0 unspecified atom stereocenters. The van der Waals surface area contributed by atoms with Crippen LogP contribution in [0.5, 0.6) is 0 Å². The largest absolute Gasteiger partial charge is 0.380 e. The zero-order valence-corrected chi connectivity index (χ0v) is 9.88. The minimum absolute atomic E-state index is 0.0907. The van der Waals surface area contributed by atoms with Crippen molar-refractivity contribution in [1.29, 1.82) is 0 Å². The molecule has 0 aromatic heterocycles. The second-order valence-electron chi connectivity index (χ2n) is 3.46. The molecule has 4 heteroatoms. The van der Waals surface area contributed by atoms with Gasteiger partial charge in [-0.1, -0.05) is 26.2 Å². The Bertz CT molecular complexity index is 151. The van der Waals surface area contributed by atoms with Gasteiger partial charge in [0.05, 0.1) is 6.61 Å². The zero-order chi connectivity index (χ0) is 11.4. The Kier molecular flexibility index (Phi) is 11.0. The Morgan fingerprint density at radius 3 is 2.67 bits per heavy atom. The Morgan fingerprint density at radius 1 is 1.20 bits per heavy atom. The molecule has 0 radical (unpaired) electrons. The average molecular weight is 217 g/mol. The molecule has 1 amide bonds. The van der Waals surface area contributed by atoms with Crippen LogP contribution in [0.4, 0.5) is 0 Å². The summed E-state index contributed by atoms with van der Waals surface area (Å²) in [4.78, 5) is 10.9. The number of nitrogens with one attached hydrogen (secondary N) is 1. The molecule has 0 bridgehead atoms. The molecular weight excluding hydrogens is 194 g/mol. The van der Waals surface area contributed by atoms with Crippen molar-refractivity contribution >= 4 is 5.91 Å². The number of hydrogen-bond acceptors (Lipinski definition) is 3. The van der Waals surface area contributed by atoms with E-state index >= 15 is 0 Å². The standard InChI is InChI=1S/C11H23NO3/c1-3-4-5-6-8-15-9-7-12-11(13)10-14-2/h3-10H2,1-2H3,(H,12,13). The second-order valence-corrected chi connectivity index (χ2v) is 3.46. The average Bonchev–Trinajstić information content (AvgIpc) is 2.22. The molecule has 0 aromatic carbocycles. The lowest BCUT2D eigenvalue weighted by Gasteiger charge is -2.05. The first-order valence-electron chi connectivity index (χ1n) is 5.64. The molecule has 4 nitrogen and oxygen atoms in total. The summed E-state index contributed by atoms with van der Waals surface area (Å²) >= 11 is 0. The monoisotopic (exact) mass is 217 g/mol. The van der Waals surface area contributed by atoms with Gasteiger partial charge in [-0.15, -0.1) is 0 Å². The first kappa shape index (κ1) is 14.4. The topological polar surface area (TPSA) is 47.6 Å². The third kappa shape index (κ3) is 11.3. The molecular formula is C11H23NO3. The van der Waals surface area contributed by atoms with Gasteiger partial charge in [-0.3, -0.25) is 4.79 Å². The Balaban J connectivity index is 3.01. The summed E-state index contributed by atoms with van der Waals surface area (Å²) in [6, 6.07) is 0. The molecule has 0 fully saturated rings. The van der Waals surface area contributed by atoms with E-state index in [1.54, 1.807) is 0 Å². The van der Waals surface area contributed by atoms with Crippen molar-refractivity contribution in [3.8, 4) is 0 Å². The lowest BCUT2D eigenvalue weighted by atomic mass is 10.2. The number of rotatable bonds is 10. The van der Waals surface area contributed by atoms with Crippen LogP contribution in [0.15, 0.2) is 0 Å². The maximum absolute atomic E-state index is 10.9. The molecule has 0 aliphatic heterocycles. The van der Waals surface area contributed by atoms with Crippen molar-refractivity contribution in [3.63, 3.8) is 0 Å². The SMILES string of the molecule is CCCCCCOCCNC(=O)COC. The quantitative estimate of drug-likeness (QED) is 0.562. The third-order valence-corrected chi connectivity index (χ3v) is 1.99. The summed E-state index contributed by atoms with van der Waals surface area (Å²) in [7, 11) is 1.50. The van der Waals surface area contributed by atoms with Crippen molar-refractivity contribution < 1.29 is 14.3 Å². The number of amides is 1. The molecule has 0 aliphatic carbocycles. The van der Waals surface area contributed by atoms with Gasteiger partial charge >= 0.3 is 0 Å². The summed E-state index contributed by atoms with van der Waals surface area (Å²) in [6.07, 6.45) is 4.85. The molecule has 90 valence electrons. The van der Waals surface area contributed by atoms with Gasteiger partial charge in [0.15, 0.2) is 0 Å². The van der Waals surface area contributed by atoms with Crippen molar-refractivity contribution in [2.75, 3.05) is 33.5 Å². The van der Waals surface area contributed by atoms with E-state index < -0.39 is 0 Å². The highest BCUT2D eigenvalue weighted by atomic mass is 16.5. The molecule has 0 aliphatic rings. The molecule has 0 spiro atoms. The highest BCUT2D eigenvalue weighted by Gasteiger charge is 1.97. The van der Waals surface area contributed by atoms with Crippen LogP contribution in [-0.2, 0) is 14.3 Å². The van der Waals surface area contributed by atoms with E-state index in [2.05, 4.69) is 17.0 Å². The smallest absolute Gasteiger partial charge is 0.246 e. The fraction of sp³-hybridized carbons (Fsp3) is 0.909. The Morgan fingerprint density at radius 2 is 2.00 bits per heavy atom.